The number of likely N-dealkylation sites (tertiary alicyclic amines) is 1. The van der Waals surface area contributed by atoms with Crippen molar-refractivity contribution in [3.63, 3.8) is 0 Å². The van der Waals surface area contributed by atoms with Gasteiger partial charge in [-0.25, -0.2) is 0 Å². The van der Waals surface area contributed by atoms with E-state index in [-0.39, 0.29) is 30.4 Å². The number of carbonyl (C=O) groups excluding carboxylic acids is 1. The SMILES string of the molecule is CC1OC2(CCN(CCc3ncccc3C(F)(F)F)CC2)CN(c2ccccc2)C1=O.Cl. The highest BCUT2D eigenvalue weighted by atomic mass is 35.5. The minimum Gasteiger partial charge on any atom is -0.360 e. The number of halogens is 4. The zero-order chi connectivity index (χ0) is 22.1. The summed E-state index contributed by atoms with van der Waals surface area (Å²) in [7, 11) is 0. The molecule has 2 aromatic rings. The van der Waals surface area contributed by atoms with E-state index in [0.29, 0.717) is 26.2 Å². The Morgan fingerprint density at radius 3 is 2.47 bits per heavy atom. The van der Waals surface area contributed by atoms with Crippen molar-refractivity contribution in [1.29, 1.82) is 0 Å². The second-order valence-corrected chi connectivity index (χ2v) is 8.29. The smallest absolute Gasteiger partial charge is 0.360 e. The van der Waals surface area contributed by atoms with Gasteiger partial charge in [-0.15, -0.1) is 12.4 Å². The maximum atomic E-state index is 13.2. The number of aromatic nitrogens is 1. The third-order valence-electron chi connectivity index (χ3n) is 6.18. The Labute approximate surface area is 192 Å². The number of morpholine rings is 1. The number of pyridine rings is 1. The molecule has 2 aliphatic heterocycles. The lowest BCUT2D eigenvalue weighted by molar-refractivity contribution is -0.161. The van der Waals surface area contributed by atoms with Gasteiger partial charge in [-0.05, 0) is 44.0 Å². The Morgan fingerprint density at radius 1 is 1.12 bits per heavy atom. The number of anilines is 1. The van der Waals surface area contributed by atoms with Gasteiger partial charge in [-0.2, -0.15) is 13.2 Å². The van der Waals surface area contributed by atoms with Crippen LogP contribution in [0.25, 0.3) is 0 Å². The Morgan fingerprint density at radius 2 is 1.81 bits per heavy atom. The van der Waals surface area contributed by atoms with Gasteiger partial charge in [0.1, 0.15) is 6.10 Å². The van der Waals surface area contributed by atoms with Crippen LogP contribution in [-0.4, -0.2) is 53.7 Å². The minimum absolute atomic E-state index is 0. The van der Waals surface area contributed by atoms with E-state index >= 15 is 0 Å². The van der Waals surface area contributed by atoms with Crippen LogP contribution in [0.5, 0.6) is 0 Å². The Hall–Kier alpha value is -2.16. The molecule has 0 bridgehead atoms. The van der Waals surface area contributed by atoms with Gasteiger partial charge in [0.15, 0.2) is 0 Å². The van der Waals surface area contributed by atoms with Crippen LogP contribution in [0.15, 0.2) is 48.7 Å². The summed E-state index contributed by atoms with van der Waals surface area (Å²) in [5.74, 6) is -0.0471. The molecule has 1 amide bonds. The average Bonchev–Trinajstić information content (AvgIpc) is 2.76. The summed E-state index contributed by atoms with van der Waals surface area (Å²) < 4.78 is 45.8. The van der Waals surface area contributed by atoms with E-state index < -0.39 is 23.4 Å². The van der Waals surface area contributed by atoms with Gasteiger partial charge in [0.05, 0.1) is 23.4 Å². The van der Waals surface area contributed by atoms with Gasteiger partial charge < -0.3 is 14.5 Å². The minimum atomic E-state index is -4.39. The molecule has 174 valence electrons. The Balaban J connectivity index is 0.00000289. The second kappa shape index (κ2) is 9.77. The molecule has 1 unspecified atom stereocenters. The summed E-state index contributed by atoms with van der Waals surface area (Å²) >= 11 is 0. The standard InChI is InChI=1S/C23H26F3N3O2.ClH/c1-17-21(30)29(18-6-3-2-4-7-18)16-22(31-17)10-14-28(15-11-22)13-9-20-19(23(24,25)26)8-5-12-27-20;/h2-8,12,17H,9-11,13-16H2,1H3;1H. The number of carbonyl (C=O) groups is 1. The number of alkyl halides is 3. The topological polar surface area (TPSA) is 45.7 Å². The van der Waals surface area contributed by atoms with E-state index in [1.807, 2.05) is 30.3 Å². The number of benzene rings is 1. The Kier molecular flexibility index (Phi) is 7.47. The quantitative estimate of drug-likeness (QED) is 0.668. The van der Waals surface area contributed by atoms with E-state index in [4.69, 9.17) is 4.74 Å². The highest BCUT2D eigenvalue weighted by Gasteiger charge is 2.45. The van der Waals surface area contributed by atoms with E-state index in [2.05, 4.69) is 9.88 Å². The second-order valence-electron chi connectivity index (χ2n) is 8.29. The lowest BCUT2D eigenvalue weighted by atomic mass is 9.88. The molecule has 3 heterocycles. The first-order chi connectivity index (χ1) is 14.8. The van der Waals surface area contributed by atoms with Gasteiger partial charge in [-0.3, -0.25) is 9.78 Å². The highest BCUT2D eigenvalue weighted by Crippen LogP contribution is 2.35. The first-order valence-corrected chi connectivity index (χ1v) is 10.6. The van der Waals surface area contributed by atoms with Crippen LogP contribution in [0.1, 0.15) is 31.0 Å². The molecule has 1 aromatic heterocycles. The molecule has 0 radical (unpaired) electrons. The van der Waals surface area contributed by atoms with Crippen LogP contribution < -0.4 is 4.90 Å². The van der Waals surface area contributed by atoms with Crippen molar-refractivity contribution in [1.82, 2.24) is 9.88 Å². The predicted molar refractivity (Wildman–Crippen MR) is 118 cm³/mol. The first kappa shape index (κ1) is 24.5. The van der Waals surface area contributed by atoms with Crippen LogP contribution in [0.3, 0.4) is 0 Å². The molecule has 0 saturated carbocycles. The van der Waals surface area contributed by atoms with Crippen molar-refractivity contribution in [3.8, 4) is 0 Å². The summed E-state index contributed by atoms with van der Waals surface area (Å²) in [4.78, 5) is 20.6. The van der Waals surface area contributed by atoms with Crippen molar-refractivity contribution in [2.75, 3.05) is 31.1 Å². The van der Waals surface area contributed by atoms with Crippen LogP contribution in [0.2, 0.25) is 0 Å². The number of hydrogen-bond acceptors (Lipinski definition) is 4. The number of para-hydroxylation sites is 1. The zero-order valence-electron chi connectivity index (χ0n) is 17.8. The molecular weight excluding hydrogens is 443 g/mol. The molecule has 32 heavy (non-hydrogen) atoms. The number of amides is 1. The molecule has 9 heteroatoms. The largest absolute Gasteiger partial charge is 0.418 e. The summed E-state index contributed by atoms with van der Waals surface area (Å²) in [6.07, 6.45) is -1.82. The number of piperidine rings is 1. The lowest BCUT2D eigenvalue weighted by Gasteiger charge is -2.49. The predicted octanol–water partition coefficient (Wildman–Crippen LogP) is 4.35. The number of rotatable bonds is 4. The normalized spacial score (nSPS) is 21.4. The monoisotopic (exact) mass is 469 g/mol. The molecule has 2 fully saturated rings. The summed E-state index contributed by atoms with van der Waals surface area (Å²) in [5.41, 5.74) is -0.148. The van der Waals surface area contributed by atoms with Crippen molar-refractivity contribution in [2.45, 2.75) is 44.1 Å². The fourth-order valence-corrected chi connectivity index (χ4v) is 4.49. The van der Waals surface area contributed by atoms with Crippen LogP contribution >= 0.6 is 12.4 Å². The van der Waals surface area contributed by atoms with E-state index in [9.17, 15) is 18.0 Å². The average molecular weight is 470 g/mol. The van der Waals surface area contributed by atoms with Crippen molar-refractivity contribution < 1.29 is 22.7 Å². The zero-order valence-corrected chi connectivity index (χ0v) is 18.7. The van der Waals surface area contributed by atoms with Crippen molar-refractivity contribution >= 4 is 24.0 Å². The number of hydrogen-bond donors (Lipinski definition) is 0. The van der Waals surface area contributed by atoms with E-state index in [1.165, 1.54) is 12.3 Å². The molecule has 4 rings (SSSR count). The van der Waals surface area contributed by atoms with Gasteiger partial charge in [0, 0.05) is 37.9 Å². The molecule has 0 aliphatic carbocycles. The Bertz CT molecular complexity index is 918. The number of nitrogens with zero attached hydrogens (tertiary/aromatic N) is 3. The molecular formula is C23H27ClF3N3O2. The van der Waals surface area contributed by atoms with E-state index in [0.717, 1.165) is 24.6 Å². The maximum Gasteiger partial charge on any atom is 0.418 e. The lowest BCUT2D eigenvalue weighted by Crippen LogP contribution is -2.61. The summed E-state index contributed by atoms with van der Waals surface area (Å²) in [6, 6.07) is 12.0. The fraction of sp³-hybridized carbons (Fsp3) is 0.478. The fourth-order valence-electron chi connectivity index (χ4n) is 4.49. The summed E-state index contributed by atoms with van der Waals surface area (Å²) in [5, 5.41) is 0. The molecule has 2 saturated heterocycles. The molecule has 0 N–H and O–H groups in total. The van der Waals surface area contributed by atoms with Gasteiger partial charge in [0.25, 0.3) is 5.91 Å². The number of ether oxygens (including phenoxy) is 1. The van der Waals surface area contributed by atoms with Gasteiger partial charge in [-0.1, -0.05) is 18.2 Å². The van der Waals surface area contributed by atoms with Crippen LogP contribution in [0, 0.1) is 0 Å². The van der Waals surface area contributed by atoms with E-state index in [1.54, 1.807) is 11.8 Å². The van der Waals surface area contributed by atoms with Gasteiger partial charge in [0.2, 0.25) is 0 Å². The molecule has 1 aromatic carbocycles. The first-order valence-electron chi connectivity index (χ1n) is 10.6. The van der Waals surface area contributed by atoms with Crippen molar-refractivity contribution in [3.05, 3.63) is 59.9 Å². The molecule has 2 aliphatic rings. The maximum absolute atomic E-state index is 13.2. The molecule has 1 atom stereocenters. The third kappa shape index (κ3) is 5.24. The van der Waals surface area contributed by atoms with Crippen LogP contribution in [-0.2, 0) is 22.1 Å². The van der Waals surface area contributed by atoms with Crippen molar-refractivity contribution in [2.24, 2.45) is 0 Å². The molecule has 5 nitrogen and oxygen atoms in total. The molecule has 1 spiro atoms. The highest BCUT2D eigenvalue weighted by molar-refractivity contribution is 5.97. The third-order valence-corrected chi connectivity index (χ3v) is 6.18. The van der Waals surface area contributed by atoms with Gasteiger partial charge >= 0.3 is 6.18 Å². The summed E-state index contributed by atoms with van der Waals surface area (Å²) in [6.45, 7) is 4.19. The van der Waals surface area contributed by atoms with Crippen LogP contribution in [0.4, 0.5) is 18.9 Å².